The zero-order valence-corrected chi connectivity index (χ0v) is 24.4. The normalized spacial score (nSPS) is 11.9. The van der Waals surface area contributed by atoms with Crippen LogP contribution in [0.25, 0.3) is 0 Å². The summed E-state index contributed by atoms with van der Waals surface area (Å²) in [6, 6.07) is 19.3. The van der Waals surface area contributed by atoms with Gasteiger partial charge < -0.3 is 10.2 Å². The molecule has 196 valence electrons. The van der Waals surface area contributed by atoms with Crippen molar-refractivity contribution in [3.63, 3.8) is 0 Å². The highest BCUT2D eigenvalue weighted by Gasteiger charge is 2.31. The van der Waals surface area contributed by atoms with Crippen molar-refractivity contribution in [2.75, 3.05) is 5.75 Å². The molecular weight excluding hydrogens is 570 g/mol. The van der Waals surface area contributed by atoms with E-state index in [-0.39, 0.29) is 30.2 Å². The number of nitrogens with zero attached hydrogens (tertiary/aromatic N) is 1. The van der Waals surface area contributed by atoms with Gasteiger partial charge in [-0.25, -0.2) is 0 Å². The molecule has 1 atom stereocenters. The summed E-state index contributed by atoms with van der Waals surface area (Å²) in [5.41, 5.74) is 2.42. The van der Waals surface area contributed by atoms with E-state index in [9.17, 15) is 9.59 Å². The summed E-state index contributed by atoms with van der Waals surface area (Å²) in [6.45, 7) is 3.88. The first kappa shape index (κ1) is 29.7. The van der Waals surface area contributed by atoms with Gasteiger partial charge in [-0.1, -0.05) is 88.9 Å². The molecule has 0 bridgehead atoms. The number of rotatable bonds is 11. The topological polar surface area (TPSA) is 49.4 Å². The Labute approximate surface area is 242 Å². The maximum Gasteiger partial charge on any atom is 0.243 e. The molecule has 9 heteroatoms. The van der Waals surface area contributed by atoms with Crippen molar-refractivity contribution in [1.29, 1.82) is 0 Å². The van der Waals surface area contributed by atoms with Gasteiger partial charge in [0.2, 0.25) is 11.8 Å². The Bertz CT molecular complexity index is 1200. The number of hydrogen-bond donors (Lipinski definition) is 1. The van der Waals surface area contributed by atoms with E-state index in [2.05, 4.69) is 5.32 Å². The number of halogens is 4. The third-order valence-corrected chi connectivity index (χ3v) is 7.85. The second-order valence-corrected chi connectivity index (χ2v) is 11.5. The van der Waals surface area contributed by atoms with Crippen LogP contribution in [0.3, 0.4) is 0 Å². The van der Waals surface area contributed by atoms with Crippen LogP contribution >= 0.6 is 58.2 Å². The predicted octanol–water partition coefficient (Wildman–Crippen LogP) is 7.70. The largest absolute Gasteiger partial charge is 0.352 e. The van der Waals surface area contributed by atoms with Gasteiger partial charge >= 0.3 is 0 Å². The fraction of sp³-hybridized carbons (Fsp3) is 0.286. The molecule has 2 amide bonds. The number of thioether (sulfide) groups is 1. The first-order valence-corrected chi connectivity index (χ1v) is 14.4. The molecule has 0 aromatic heterocycles. The number of nitrogens with one attached hydrogen (secondary N) is 1. The number of hydrogen-bond acceptors (Lipinski definition) is 3. The Morgan fingerprint density at radius 2 is 1.57 bits per heavy atom. The monoisotopic (exact) mass is 596 g/mol. The number of carbonyl (C=O) groups is 2. The van der Waals surface area contributed by atoms with Crippen LogP contribution in [0.1, 0.15) is 30.5 Å². The first-order chi connectivity index (χ1) is 17.7. The van der Waals surface area contributed by atoms with Gasteiger partial charge in [0.05, 0.1) is 5.75 Å². The van der Waals surface area contributed by atoms with Gasteiger partial charge in [0, 0.05) is 50.4 Å². The van der Waals surface area contributed by atoms with Crippen molar-refractivity contribution in [2.45, 2.75) is 44.6 Å². The van der Waals surface area contributed by atoms with Gasteiger partial charge in [-0.05, 0) is 49.2 Å². The predicted molar refractivity (Wildman–Crippen MR) is 157 cm³/mol. The van der Waals surface area contributed by atoms with E-state index in [0.29, 0.717) is 37.8 Å². The van der Waals surface area contributed by atoms with Gasteiger partial charge in [-0.2, -0.15) is 0 Å². The average Bonchev–Trinajstić information content (AvgIpc) is 2.84. The van der Waals surface area contributed by atoms with Crippen molar-refractivity contribution in [1.82, 2.24) is 10.2 Å². The minimum absolute atomic E-state index is 0.0898. The smallest absolute Gasteiger partial charge is 0.243 e. The molecule has 4 nitrogen and oxygen atoms in total. The molecule has 0 fully saturated rings. The summed E-state index contributed by atoms with van der Waals surface area (Å²) >= 11 is 26.7. The summed E-state index contributed by atoms with van der Waals surface area (Å²) in [6.07, 6.45) is 0.348. The Kier molecular flexibility index (Phi) is 11.5. The summed E-state index contributed by atoms with van der Waals surface area (Å²) in [5, 5.41) is 4.95. The fourth-order valence-electron chi connectivity index (χ4n) is 3.76. The Hall–Kier alpha value is -1.89. The summed E-state index contributed by atoms with van der Waals surface area (Å²) in [5.74, 6) is 0.220. The highest BCUT2D eigenvalue weighted by molar-refractivity contribution is 7.99. The lowest BCUT2D eigenvalue weighted by Gasteiger charge is -2.32. The van der Waals surface area contributed by atoms with E-state index in [0.717, 1.165) is 11.1 Å². The van der Waals surface area contributed by atoms with E-state index in [1.54, 1.807) is 35.2 Å². The Balaban J connectivity index is 1.90. The van der Waals surface area contributed by atoms with Crippen LogP contribution < -0.4 is 5.32 Å². The molecule has 3 aromatic rings. The standard InChI is InChI=1S/C28H28Cl4N2O2S/c1-18(2)33-28(36)26(13-19-7-4-3-5-8-19)34(15-22-23(30)9-6-10-24(22)31)27(35)17-37-16-20-11-12-21(29)14-25(20)32/h3-12,14,18,26H,13,15-17H2,1-2H3,(H,33,36)/t26-/m1/s1. The second-order valence-electron chi connectivity index (χ2n) is 8.82. The van der Waals surface area contributed by atoms with Crippen LogP contribution in [0.2, 0.25) is 20.1 Å². The number of carbonyl (C=O) groups excluding carboxylic acids is 2. The van der Waals surface area contributed by atoms with E-state index < -0.39 is 6.04 Å². The van der Waals surface area contributed by atoms with Crippen LogP contribution in [-0.2, 0) is 28.3 Å². The molecule has 0 aliphatic rings. The molecule has 0 saturated carbocycles. The Morgan fingerprint density at radius 1 is 0.892 bits per heavy atom. The average molecular weight is 598 g/mol. The third kappa shape index (κ3) is 8.83. The maximum absolute atomic E-state index is 13.7. The zero-order valence-electron chi connectivity index (χ0n) is 20.5. The van der Waals surface area contributed by atoms with Crippen LogP contribution in [0.4, 0.5) is 0 Å². The van der Waals surface area contributed by atoms with E-state index in [1.165, 1.54) is 11.8 Å². The number of benzene rings is 3. The van der Waals surface area contributed by atoms with Crippen molar-refractivity contribution in [2.24, 2.45) is 0 Å². The molecule has 0 spiro atoms. The molecule has 1 N–H and O–H groups in total. The molecule has 0 saturated heterocycles. The van der Waals surface area contributed by atoms with Crippen LogP contribution in [0.5, 0.6) is 0 Å². The van der Waals surface area contributed by atoms with E-state index in [4.69, 9.17) is 46.4 Å². The van der Waals surface area contributed by atoms with Gasteiger partial charge in [0.1, 0.15) is 6.04 Å². The lowest BCUT2D eigenvalue weighted by Crippen LogP contribution is -2.52. The van der Waals surface area contributed by atoms with Crippen molar-refractivity contribution < 1.29 is 9.59 Å². The number of amides is 2. The van der Waals surface area contributed by atoms with Gasteiger partial charge in [0.15, 0.2) is 0 Å². The molecule has 37 heavy (non-hydrogen) atoms. The highest BCUT2D eigenvalue weighted by Crippen LogP contribution is 2.29. The quantitative estimate of drug-likeness (QED) is 0.246. The van der Waals surface area contributed by atoms with Gasteiger partial charge in [-0.3, -0.25) is 9.59 Å². The molecular formula is C28H28Cl4N2O2S. The lowest BCUT2D eigenvalue weighted by molar-refractivity contribution is -0.139. The summed E-state index contributed by atoms with van der Waals surface area (Å²) < 4.78 is 0. The van der Waals surface area contributed by atoms with E-state index >= 15 is 0 Å². The van der Waals surface area contributed by atoms with Crippen LogP contribution in [0.15, 0.2) is 66.7 Å². The minimum atomic E-state index is -0.760. The molecule has 0 unspecified atom stereocenters. The van der Waals surface area contributed by atoms with Crippen LogP contribution in [-0.4, -0.2) is 34.6 Å². The molecule has 3 rings (SSSR count). The van der Waals surface area contributed by atoms with E-state index in [1.807, 2.05) is 50.2 Å². The third-order valence-electron chi connectivity index (χ3n) is 5.59. The zero-order chi connectivity index (χ0) is 26.9. The van der Waals surface area contributed by atoms with Crippen molar-refractivity contribution in [3.05, 3.63) is 104 Å². The first-order valence-electron chi connectivity index (χ1n) is 11.7. The maximum atomic E-state index is 13.7. The highest BCUT2D eigenvalue weighted by atomic mass is 35.5. The molecule has 0 aliphatic carbocycles. The fourth-order valence-corrected chi connectivity index (χ4v) is 5.74. The van der Waals surface area contributed by atoms with Crippen LogP contribution in [0, 0.1) is 0 Å². The molecule has 0 radical (unpaired) electrons. The van der Waals surface area contributed by atoms with Crippen molar-refractivity contribution >= 4 is 70.0 Å². The molecule has 3 aromatic carbocycles. The summed E-state index contributed by atoms with van der Waals surface area (Å²) in [4.78, 5) is 28.7. The molecule has 0 aliphatic heterocycles. The minimum Gasteiger partial charge on any atom is -0.352 e. The Morgan fingerprint density at radius 3 is 2.19 bits per heavy atom. The lowest BCUT2D eigenvalue weighted by atomic mass is 10.0. The SMILES string of the molecule is CC(C)NC(=O)[C@@H](Cc1ccccc1)N(Cc1c(Cl)cccc1Cl)C(=O)CSCc1ccc(Cl)cc1Cl. The van der Waals surface area contributed by atoms with Gasteiger partial charge in [-0.15, -0.1) is 11.8 Å². The van der Waals surface area contributed by atoms with Crippen molar-refractivity contribution in [3.8, 4) is 0 Å². The summed E-state index contributed by atoms with van der Waals surface area (Å²) in [7, 11) is 0. The van der Waals surface area contributed by atoms with Gasteiger partial charge in [0.25, 0.3) is 0 Å². The second kappa shape index (κ2) is 14.3. The molecule has 0 heterocycles.